The minimum Gasteiger partial charge on any atom is -0.465 e. The molecule has 0 spiro atoms. The van der Waals surface area contributed by atoms with Crippen LogP contribution in [0, 0.1) is 12.8 Å². The molecular formula is C25H35N3O2. The molecule has 0 saturated carbocycles. The lowest BCUT2D eigenvalue weighted by Crippen LogP contribution is -2.50. The van der Waals surface area contributed by atoms with Gasteiger partial charge >= 0.3 is 0 Å². The Balaban J connectivity index is 1.19. The predicted molar refractivity (Wildman–Crippen MR) is 119 cm³/mol. The molecule has 0 aliphatic carbocycles. The molecule has 2 aliphatic rings. The molecule has 30 heavy (non-hydrogen) atoms. The average molecular weight is 410 g/mol. The van der Waals surface area contributed by atoms with Crippen molar-refractivity contribution in [3.05, 3.63) is 59.5 Å². The maximum atomic E-state index is 12.7. The van der Waals surface area contributed by atoms with Gasteiger partial charge in [-0.2, -0.15) is 0 Å². The highest BCUT2D eigenvalue weighted by atomic mass is 16.3. The van der Waals surface area contributed by atoms with Crippen molar-refractivity contribution >= 4 is 5.91 Å². The molecule has 1 aromatic heterocycles. The zero-order valence-electron chi connectivity index (χ0n) is 18.2. The van der Waals surface area contributed by atoms with Gasteiger partial charge in [0, 0.05) is 32.2 Å². The van der Waals surface area contributed by atoms with Crippen LogP contribution in [0.4, 0.5) is 0 Å². The van der Waals surface area contributed by atoms with Gasteiger partial charge in [0.25, 0.3) is 0 Å². The quantitative estimate of drug-likeness (QED) is 0.759. The largest absolute Gasteiger partial charge is 0.465 e. The molecule has 1 atom stereocenters. The van der Waals surface area contributed by atoms with Crippen molar-refractivity contribution < 1.29 is 9.21 Å². The predicted octanol–water partition coefficient (Wildman–Crippen LogP) is 3.62. The van der Waals surface area contributed by atoms with Crippen LogP contribution in [0.15, 0.2) is 46.9 Å². The van der Waals surface area contributed by atoms with Crippen LogP contribution in [0.25, 0.3) is 0 Å². The fraction of sp³-hybridized carbons (Fsp3) is 0.560. The van der Waals surface area contributed by atoms with Gasteiger partial charge in [-0.15, -0.1) is 0 Å². The molecule has 162 valence electrons. The summed E-state index contributed by atoms with van der Waals surface area (Å²) in [6, 6.07) is 15.1. The fourth-order valence-corrected chi connectivity index (χ4v) is 4.90. The van der Waals surface area contributed by atoms with Gasteiger partial charge in [0.05, 0.1) is 12.5 Å². The number of benzene rings is 1. The number of hydrogen-bond donors (Lipinski definition) is 1. The van der Waals surface area contributed by atoms with Crippen molar-refractivity contribution in [2.45, 2.75) is 51.6 Å². The lowest BCUT2D eigenvalue weighted by atomic mass is 9.93. The fourth-order valence-electron chi connectivity index (χ4n) is 4.90. The molecule has 5 heteroatoms. The van der Waals surface area contributed by atoms with E-state index in [-0.39, 0.29) is 11.8 Å². The lowest BCUT2D eigenvalue weighted by molar-refractivity contribution is -0.127. The normalized spacial score (nSPS) is 21.6. The molecule has 1 amide bonds. The number of furan rings is 1. The lowest BCUT2D eigenvalue weighted by Gasteiger charge is -2.41. The molecule has 2 saturated heterocycles. The first kappa shape index (κ1) is 21.1. The van der Waals surface area contributed by atoms with Gasteiger partial charge in [0.15, 0.2) is 0 Å². The standard InChI is InChI=1S/C25H35N3O2/c1-20-9-10-24(30-20)19-27-16-12-23(13-17-27)28-15-5-8-22(18-28)25(29)26-14-11-21-6-3-2-4-7-21/h2-4,6-7,9-10,22-23H,5,8,11-19H2,1H3,(H,26,29)/t22-/m1/s1. The zero-order valence-corrected chi connectivity index (χ0v) is 18.2. The van der Waals surface area contributed by atoms with Crippen LogP contribution in [-0.4, -0.2) is 54.5 Å². The smallest absolute Gasteiger partial charge is 0.224 e. The summed E-state index contributed by atoms with van der Waals surface area (Å²) in [4.78, 5) is 17.8. The van der Waals surface area contributed by atoms with Gasteiger partial charge in [0.2, 0.25) is 5.91 Å². The molecular weight excluding hydrogens is 374 g/mol. The first-order valence-electron chi connectivity index (χ1n) is 11.5. The number of carbonyl (C=O) groups is 1. The van der Waals surface area contributed by atoms with Crippen molar-refractivity contribution in [3.63, 3.8) is 0 Å². The molecule has 0 radical (unpaired) electrons. The maximum absolute atomic E-state index is 12.7. The summed E-state index contributed by atoms with van der Waals surface area (Å²) in [5, 5.41) is 3.18. The summed E-state index contributed by atoms with van der Waals surface area (Å²) in [6.45, 7) is 7.90. The number of hydrogen-bond acceptors (Lipinski definition) is 4. The van der Waals surface area contributed by atoms with Gasteiger partial charge in [-0.25, -0.2) is 0 Å². The van der Waals surface area contributed by atoms with Crippen molar-refractivity contribution in [3.8, 4) is 0 Å². The molecule has 1 aromatic carbocycles. The van der Waals surface area contributed by atoms with Crippen molar-refractivity contribution in [1.82, 2.24) is 15.1 Å². The molecule has 5 nitrogen and oxygen atoms in total. The molecule has 0 bridgehead atoms. The number of nitrogens with zero attached hydrogens (tertiary/aromatic N) is 2. The van der Waals surface area contributed by atoms with E-state index in [1.807, 2.05) is 19.1 Å². The summed E-state index contributed by atoms with van der Waals surface area (Å²) in [5.41, 5.74) is 1.28. The Kier molecular flexibility index (Phi) is 7.24. The Bertz CT molecular complexity index is 796. The number of likely N-dealkylation sites (tertiary alicyclic amines) is 2. The third kappa shape index (κ3) is 5.73. The van der Waals surface area contributed by atoms with Crippen molar-refractivity contribution in [1.29, 1.82) is 0 Å². The van der Waals surface area contributed by atoms with Crippen LogP contribution in [0.2, 0.25) is 0 Å². The number of piperidine rings is 2. The third-order valence-corrected chi connectivity index (χ3v) is 6.63. The summed E-state index contributed by atoms with van der Waals surface area (Å²) in [5.74, 6) is 2.43. The number of carbonyl (C=O) groups excluding carboxylic acids is 1. The number of rotatable bonds is 7. The van der Waals surface area contributed by atoms with Crippen LogP contribution >= 0.6 is 0 Å². The molecule has 3 heterocycles. The van der Waals surface area contributed by atoms with Crippen LogP contribution in [0.1, 0.15) is 42.8 Å². The minimum absolute atomic E-state index is 0.138. The Morgan fingerprint density at radius 3 is 2.60 bits per heavy atom. The average Bonchev–Trinajstić information content (AvgIpc) is 3.19. The van der Waals surface area contributed by atoms with Gasteiger partial charge in [0.1, 0.15) is 11.5 Å². The molecule has 2 fully saturated rings. The molecule has 2 aromatic rings. The highest BCUT2D eigenvalue weighted by Crippen LogP contribution is 2.25. The Morgan fingerprint density at radius 1 is 1.07 bits per heavy atom. The van der Waals surface area contributed by atoms with Crippen LogP contribution in [0.5, 0.6) is 0 Å². The van der Waals surface area contributed by atoms with Crippen LogP contribution < -0.4 is 5.32 Å². The van der Waals surface area contributed by atoms with E-state index in [4.69, 9.17) is 4.42 Å². The van der Waals surface area contributed by atoms with Crippen molar-refractivity contribution in [2.75, 3.05) is 32.7 Å². The van der Waals surface area contributed by atoms with Gasteiger partial charge in [-0.1, -0.05) is 30.3 Å². The van der Waals surface area contributed by atoms with Crippen LogP contribution in [-0.2, 0) is 17.8 Å². The van der Waals surface area contributed by atoms with Crippen molar-refractivity contribution in [2.24, 2.45) is 5.92 Å². The molecule has 0 unspecified atom stereocenters. The molecule has 2 aliphatic heterocycles. The van der Waals surface area contributed by atoms with E-state index >= 15 is 0 Å². The van der Waals surface area contributed by atoms with E-state index in [9.17, 15) is 4.79 Å². The first-order chi connectivity index (χ1) is 14.7. The Labute approximate surface area is 180 Å². The highest BCUT2D eigenvalue weighted by Gasteiger charge is 2.31. The van der Waals surface area contributed by atoms with Gasteiger partial charge < -0.3 is 9.73 Å². The van der Waals surface area contributed by atoms with Gasteiger partial charge in [-0.05, 0) is 63.3 Å². The summed E-state index contributed by atoms with van der Waals surface area (Å²) in [7, 11) is 0. The molecule has 1 N–H and O–H groups in total. The second-order valence-corrected chi connectivity index (χ2v) is 8.88. The second kappa shape index (κ2) is 10.3. The van der Waals surface area contributed by atoms with E-state index in [1.165, 1.54) is 18.4 Å². The molecule has 4 rings (SSSR count). The third-order valence-electron chi connectivity index (χ3n) is 6.63. The second-order valence-electron chi connectivity index (χ2n) is 8.88. The minimum atomic E-state index is 0.138. The Morgan fingerprint density at radius 2 is 1.87 bits per heavy atom. The van der Waals surface area contributed by atoms with E-state index in [2.05, 4.69) is 45.4 Å². The maximum Gasteiger partial charge on any atom is 0.224 e. The summed E-state index contributed by atoms with van der Waals surface area (Å²) >= 11 is 0. The van der Waals surface area contributed by atoms with Gasteiger partial charge in [-0.3, -0.25) is 14.6 Å². The van der Waals surface area contributed by atoms with E-state index < -0.39 is 0 Å². The van der Waals surface area contributed by atoms with E-state index in [1.54, 1.807) is 0 Å². The van der Waals surface area contributed by atoms with Crippen LogP contribution in [0.3, 0.4) is 0 Å². The topological polar surface area (TPSA) is 48.7 Å². The van der Waals surface area contributed by atoms with E-state index in [0.717, 1.165) is 70.1 Å². The highest BCUT2D eigenvalue weighted by molar-refractivity contribution is 5.79. The summed E-state index contributed by atoms with van der Waals surface area (Å²) in [6.07, 6.45) is 5.41. The number of nitrogens with one attached hydrogen (secondary N) is 1. The zero-order chi connectivity index (χ0) is 20.8. The monoisotopic (exact) mass is 409 g/mol. The van der Waals surface area contributed by atoms with E-state index in [0.29, 0.717) is 6.04 Å². The Hall–Kier alpha value is -2.11. The number of aryl methyl sites for hydroxylation is 1. The number of amides is 1. The summed E-state index contributed by atoms with van der Waals surface area (Å²) < 4.78 is 5.73. The SMILES string of the molecule is Cc1ccc(CN2CCC(N3CCC[C@@H](C(=O)NCCc4ccccc4)C3)CC2)o1. The first-order valence-corrected chi connectivity index (χ1v) is 11.5.